The molecule has 4 atom stereocenters. The molecule has 340 valence electrons. The van der Waals surface area contributed by atoms with Crippen LogP contribution in [0.5, 0.6) is 11.5 Å². The fourth-order valence-corrected chi connectivity index (χ4v) is 13.6. The molecule has 0 spiro atoms. The van der Waals surface area contributed by atoms with E-state index in [1.54, 1.807) is 49.4 Å². The quantitative estimate of drug-likeness (QED) is 0.0630. The van der Waals surface area contributed by atoms with Crippen LogP contribution in [0.3, 0.4) is 0 Å². The molecule has 1 aliphatic rings. The number of carbonyl (C=O) groups is 1. The van der Waals surface area contributed by atoms with Crippen molar-refractivity contribution in [2.24, 2.45) is 0 Å². The first-order valence-electron chi connectivity index (χ1n) is 22.1. The van der Waals surface area contributed by atoms with Gasteiger partial charge in [0, 0.05) is 5.56 Å². The van der Waals surface area contributed by atoms with Crippen LogP contribution in [0.1, 0.15) is 47.8 Å². The number of aromatic nitrogens is 4. The molecule has 1 fully saturated rings. The fraction of sp³-hybridized carbons (Fsp3) is 0.222. The van der Waals surface area contributed by atoms with Crippen LogP contribution in [-0.4, -0.2) is 83.4 Å². The number of nitrogens with two attached hydrogens (primary N) is 1. The van der Waals surface area contributed by atoms with Gasteiger partial charge in [0.05, 0.1) is 32.8 Å². The summed E-state index contributed by atoms with van der Waals surface area (Å²) in [7, 11) is 0.0500. The summed E-state index contributed by atoms with van der Waals surface area (Å²) in [5.41, 5.74) is 4.95. The van der Waals surface area contributed by atoms with Crippen molar-refractivity contribution in [3.63, 3.8) is 0 Å². The number of hydrogen-bond donors (Lipinski definition) is 2. The van der Waals surface area contributed by atoms with E-state index in [0.29, 0.717) is 11.5 Å². The SMILES string of the molecule is COc1ccc(C(OC[C@H]2O[C@](n3cnc4c(N)ncnc43)([SiH](c3ccccc3)c3ccccc3)[C@@](O)(C(=O)c3ccccc3)[C@@H]2OC(C)(C)C)(c2ccccc2)c2ccc(OC)cc2)cc1. The Bertz CT molecular complexity index is 2850. The molecule has 12 nitrogen and oxygen atoms in total. The van der Waals surface area contributed by atoms with Gasteiger partial charge in [0.15, 0.2) is 25.6 Å². The number of rotatable bonds is 15. The van der Waals surface area contributed by atoms with Crippen molar-refractivity contribution in [3.05, 3.63) is 205 Å². The lowest BCUT2D eigenvalue weighted by molar-refractivity contribution is -0.150. The van der Waals surface area contributed by atoms with Gasteiger partial charge in [-0.1, -0.05) is 156 Å². The fourth-order valence-electron chi connectivity index (χ4n) is 9.60. The summed E-state index contributed by atoms with van der Waals surface area (Å²) >= 11 is 0. The summed E-state index contributed by atoms with van der Waals surface area (Å²) in [6, 6.07) is 53.9. The van der Waals surface area contributed by atoms with E-state index in [4.69, 9.17) is 39.4 Å². The third-order valence-electron chi connectivity index (χ3n) is 12.5. The second-order valence-corrected chi connectivity index (χ2v) is 20.6. The monoisotopic (exact) mass is 911 g/mol. The number of aliphatic hydroxyl groups is 1. The number of nitrogens with zero attached hydrogens (tertiary/aromatic N) is 4. The summed E-state index contributed by atoms with van der Waals surface area (Å²) < 4.78 is 35.5. The number of imidazole rings is 1. The van der Waals surface area contributed by atoms with Crippen molar-refractivity contribution < 1.29 is 33.6 Å². The average molecular weight is 912 g/mol. The van der Waals surface area contributed by atoms with Crippen molar-refractivity contribution in [1.29, 1.82) is 0 Å². The zero-order valence-electron chi connectivity index (χ0n) is 38.0. The van der Waals surface area contributed by atoms with Gasteiger partial charge in [-0.15, -0.1) is 0 Å². The van der Waals surface area contributed by atoms with Crippen molar-refractivity contribution >= 4 is 41.9 Å². The number of Topliss-reactive ketones (excluding diaryl/α,β-unsaturated/α-hetero) is 1. The minimum Gasteiger partial charge on any atom is -0.497 e. The van der Waals surface area contributed by atoms with Crippen LogP contribution in [0.2, 0.25) is 0 Å². The second kappa shape index (κ2) is 18.3. The van der Waals surface area contributed by atoms with Crippen LogP contribution >= 0.6 is 0 Å². The van der Waals surface area contributed by atoms with E-state index in [1.165, 1.54) is 6.33 Å². The van der Waals surface area contributed by atoms with E-state index < -0.39 is 48.9 Å². The Morgan fingerprint density at radius 3 is 1.70 bits per heavy atom. The number of fused-ring (bicyclic) bond motifs is 1. The summed E-state index contributed by atoms with van der Waals surface area (Å²) in [6.07, 6.45) is 0.375. The molecule has 3 heterocycles. The van der Waals surface area contributed by atoms with Gasteiger partial charge < -0.3 is 34.5 Å². The van der Waals surface area contributed by atoms with Gasteiger partial charge in [-0.05, 0) is 61.7 Å². The van der Waals surface area contributed by atoms with E-state index in [1.807, 2.05) is 166 Å². The molecule has 0 bridgehead atoms. The number of nitrogen functional groups attached to an aromatic ring is 1. The maximum absolute atomic E-state index is 16.1. The molecule has 0 radical (unpaired) electrons. The number of hydrogen-bond acceptors (Lipinski definition) is 11. The van der Waals surface area contributed by atoms with Crippen molar-refractivity contribution in [2.45, 2.75) is 55.1 Å². The van der Waals surface area contributed by atoms with E-state index in [9.17, 15) is 5.11 Å². The Balaban J connectivity index is 1.35. The number of methoxy groups -OCH3 is 2. The summed E-state index contributed by atoms with van der Waals surface area (Å²) in [5, 5.41) is 14.4. The molecular formula is C54H53N5O7Si. The molecule has 8 aromatic rings. The Labute approximate surface area is 391 Å². The van der Waals surface area contributed by atoms with E-state index in [-0.39, 0.29) is 29.2 Å². The maximum Gasteiger partial charge on any atom is 0.201 e. The van der Waals surface area contributed by atoms with Gasteiger partial charge in [0.25, 0.3) is 0 Å². The number of benzene rings is 6. The highest BCUT2D eigenvalue weighted by atomic mass is 28.3. The van der Waals surface area contributed by atoms with E-state index in [2.05, 4.69) is 4.98 Å². The van der Waals surface area contributed by atoms with Crippen LogP contribution in [0.15, 0.2) is 183 Å². The molecule has 0 amide bonds. The van der Waals surface area contributed by atoms with E-state index >= 15 is 4.79 Å². The molecule has 13 heteroatoms. The average Bonchev–Trinajstić information content (AvgIpc) is 3.91. The molecule has 3 N–H and O–H groups in total. The molecule has 2 aromatic heterocycles. The summed E-state index contributed by atoms with van der Waals surface area (Å²) in [4.78, 5) is 29.9. The molecule has 1 aliphatic heterocycles. The number of anilines is 1. The van der Waals surface area contributed by atoms with Crippen LogP contribution in [-0.2, 0) is 25.2 Å². The van der Waals surface area contributed by atoms with Gasteiger partial charge in [0.2, 0.25) is 11.4 Å². The third kappa shape index (κ3) is 7.98. The largest absolute Gasteiger partial charge is 0.497 e. The molecule has 0 unspecified atom stereocenters. The normalized spacial score (nSPS) is 19.7. The lowest BCUT2D eigenvalue weighted by atomic mass is 9.79. The summed E-state index contributed by atoms with van der Waals surface area (Å²) in [6.45, 7) is 5.48. The van der Waals surface area contributed by atoms with Crippen molar-refractivity contribution in [3.8, 4) is 11.5 Å². The molecule has 9 rings (SSSR count). The van der Waals surface area contributed by atoms with Gasteiger partial charge in [-0.3, -0.25) is 9.36 Å². The number of ether oxygens (including phenoxy) is 5. The molecule has 67 heavy (non-hydrogen) atoms. The predicted molar refractivity (Wildman–Crippen MR) is 260 cm³/mol. The topological polar surface area (TPSA) is 153 Å². The van der Waals surface area contributed by atoms with E-state index in [0.717, 1.165) is 27.1 Å². The zero-order chi connectivity index (χ0) is 46.8. The number of ketones is 1. The molecule has 0 saturated carbocycles. The Hall–Kier alpha value is -7.00. The van der Waals surface area contributed by atoms with Crippen molar-refractivity contribution in [1.82, 2.24) is 19.5 Å². The second-order valence-electron chi connectivity index (χ2n) is 17.6. The minimum atomic E-state index is -3.20. The minimum absolute atomic E-state index is 0.126. The molecule has 1 saturated heterocycles. The van der Waals surface area contributed by atoms with Crippen LogP contribution < -0.4 is 25.6 Å². The first-order chi connectivity index (χ1) is 32.4. The first kappa shape index (κ1) is 45.2. The highest BCUT2D eigenvalue weighted by molar-refractivity contribution is 6.87. The van der Waals surface area contributed by atoms with Crippen LogP contribution in [0.25, 0.3) is 11.2 Å². The maximum atomic E-state index is 16.1. The lowest BCUT2D eigenvalue weighted by Crippen LogP contribution is -2.74. The number of carbonyl (C=O) groups excluding carboxylic acids is 1. The highest BCUT2D eigenvalue weighted by Gasteiger charge is 2.75. The van der Waals surface area contributed by atoms with Crippen molar-refractivity contribution in [2.75, 3.05) is 26.6 Å². The Morgan fingerprint density at radius 1 is 0.701 bits per heavy atom. The van der Waals surface area contributed by atoms with Gasteiger partial charge >= 0.3 is 0 Å². The standard InChI is InChI=1S/C54H53N5O7Si/c1-51(2,3)66-48-45(34-64-52(38-20-12-7-13-21-38,39-26-30-41(62-4)31-27-39)40-28-32-42(63-5)33-29-40)65-54(53(48,61)47(60)37-18-10-6-11-19-37,59-36-58-46-49(55)56-35-57-50(46)59)67(43-22-14-8-15-23-43)44-24-16-9-17-25-44/h6-33,35-36,45,48,61,67H,34H2,1-5H3,(H2,55,56,57)/t45-,48-,53-,54+/m1/s1. The predicted octanol–water partition coefficient (Wildman–Crippen LogP) is 6.86. The third-order valence-corrected chi connectivity index (χ3v) is 16.2. The molecular weight excluding hydrogens is 859 g/mol. The van der Waals surface area contributed by atoms with Gasteiger partial charge in [-0.25, -0.2) is 15.0 Å². The molecule has 0 aliphatic carbocycles. The van der Waals surface area contributed by atoms with Crippen LogP contribution in [0.4, 0.5) is 5.82 Å². The van der Waals surface area contributed by atoms with Gasteiger partial charge in [0.1, 0.15) is 41.2 Å². The first-order valence-corrected chi connectivity index (χ1v) is 23.9. The van der Waals surface area contributed by atoms with Gasteiger partial charge in [-0.2, -0.15) is 0 Å². The Kier molecular flexibility index (Phi) is 12.4. The highest BCUT2D eigenvalue weighted by Crippen LogP contribution is 2.52. The molecule has 6 aromatic carbocycles. The summed E-state index contributed by atoms with van der Waals surface area (Å²) in [5.74, 6) is 0.851. The van der Waals surface area contributed by atoms with Crippen LogP contribution in [0, 0.1) is 0 Å². The zero-order valence-corrected chi connectivity index (χ0v) is 39.2. The lowest BCUT2D eigenvalue weighted by Gasteiger charge is -2.47. The Morgan fingerprint density at radius 2 is 1.19 bits per heavy atom. The smallest absolute Gasteiger partial charge is 0.201 e.